The first kappa shape index (κ1) is 17.6. The van der Waals surface area contributed by atoms with Crippen molar-refractivity contribution in [1.29, 1.82) is 0 Å². The molecule has 0 saturated carbocycles. The van der Waals surface area contributed by atoms with Crippen LogP contribution in [0.4, 0.5) is 5.69 Å². The summed E-state index contributed by atoms with van der Waals surface area (Å²) in [5, 5.41) is 0. The van der Waals surface area contributed by atoms with Crippen LogP contribution >= 0.6 is 0 Å². The predicted molar refractivity (Wildman–Crippen MR) is 102 cm³/mol. The Bertz CT molecular complexity index is 812. The van der Waals surface area contributed by atoms with E-state index in [1.165, 1.54) is 0 Å². The molecule has 0 radical (unpaired) electrons. The molecule has 0 fully saturated rings. The monoisotopic (exact) mass is 317 g/mol. The number of benzene rings is 2. The highest BCUT2D eigenvalue weighted by Crippen LogP contribution is 2.18. The third kappa shape index (κ3) is 4.88. The number of aryl methyl sites for hydroxylation is 1. The average Bonchev–Trinajstić information content (AvgIpc) is 2.55. The van der Waals surface area contributed by atoms with Crippen LogP contribution in [0, 0.1) is 6.92 Å². The van der Waals surface area contributed by atoms with E-state index in [9.17, 15) is 4.79 Å². The molecule has 0 aliphatic carbocycles. The minimum absolute atomic E-state index is 0.0996. The number of rotatable bonds is 6. The van der Waals surface area contributed by atoms with Crippen molar-refractivity contribution in [2.45, 2.75) is 27.2 Å². The number of allylic oxidation sites excluding steroid dienone is 3. The number of hydrogen-bond donors (Lipinski definition) is 0. The van der Waals surface area contributed by atoms with E-state index in [0.29, 0.717) is 12.0 Å². The Labute approximate surface area is 144 Å². The van der Waals surface area contributed by atoms with Crippen LogP contribution in [0.25, 0.3) is 0 Å². The lowest BCUT2D eigenvalue weighted by Crippen LogP contribution is -2.03. The molecule has 0 unspecified atom stereocenters. The Kier molecular flexibility index (Phi) is 6.02. The zero-order chi connectivity index (χ0) is 17.5. The van der Waals surface area contributed by atoms with E-state index in [1.807, 2.05) is 81.5 Å². The minimum Gasteiger partial charge on any atom is -0.294 e. The molecule has 0 N–H and O–H groups in total. The van der Waals surface area contributed by atoms with Gasteiger partial charge in [-0.05, 0) is 44.0 Å². The van der Waals surface area contributed by atoms with Crippen LogP contribution in [0.1, 0.15) is 35.3 Å². The van der Waals surface area contributed by atoms with Crippen molar-refractivity contribution in [2.24, 2.45) is 4.99 Å². The third-order valence-corrected chi connectivity index (χ3v) is 3.74. The standard InChI is InChI=1S/C22H23NO/c1-5-8-17(3)18(4)23-21-12-7-11-20(15-21)22(24)14-19-10-6-9-16(2)13-19/h5-13,15H,3,14H2,1-2,4H3/b8-5-,23-18?. The number of nitrogens with zero attached hydrogens (tertiary/aromatic N) is 1. The molecule has 2 aromatic carbocycles. The van der Waals surface area contributed by atoms with Gasteiger partial charge >= 0.3 is 0 Å². The smallest absolute Gasteiger partial charge is 0.167 e. The highest BCUT2D eigenvalue weighted by Gasteiger charge is 2.08. The van der Waals surface area contributed by atoms with E-state index in [-0.39, 0.29) is 5.78 Å². The lowest BCUT2D eigenvalue weighted by atomic mass is 10.0. The Balaban J connectivity index is 2.19. The molecular weight excluding hydrogens is 294 g/mol. The minimum atomic E-state index is 0.0996. The van der Waals surface area contributed by atoms with Crippen LogP contribution in [0.2, 0.25) is 0 Å². The first-order valence-electron chi connectivity index (χ1n) is 8.05. The largest absolute Gasteiger partial charge is 0.294 e. The molecule has 0 spiro atoms. The van der Waals surface area contributed by atoms with E-state index in [2.05, 4.69) is 11.6 Å². The summed E-state index contributed by atoms with van der Waals surface area (Å²) in [4.78, 5) is 17.1. The fourth-order valence-corrected chi connectivity index (χ4v) is 2.45. The fraction of sp³-hybridized carbons (Fsp3) is 0.182. The van der Waals surface area contributed by atoms with Crippen LogP contribution in [0.15, 0.2) is 77.8 Å². The molecule has 0 aliphatic rings. The molecule has 0 aliphatic heterocycles. The highest BCUT2D eigenvalue weighted by atomic mass is 16.1. The van der Waals surface area contributed by atoms with Crippen LogP contribution in [-0.2, 0) is 6.42 Å². The summed E-state index contributed by atoms with van der Waals surface area (Å²) < 4.78 is 0. The summed E-state index contributed by atoms with van der Waals surface area (Å²) in [5.74, 6) is 0.0996. The molecule has 0 atom stereocenters. The molecule has 0 bridgehead atoms. The van der Waals surface area contributed by atoms with Crippen molar-refractivity contribution in [3.63, 3.8) is 0 Å². The molecular formula is C22H23NO. The summed E-state index contributed by atoms with van der Waals surface area (Å²) in [6.45, 7) is 9.88. The molecule has 0 heterocycles. The molecule has 0 saturated heterocycles. The quantitative estimate of drug-likeness (QED) is 0.385. The van der Waals surface area contributed by atoms with Gasteiger partial charge in [0.15, 0.2) is 5.78 Å². The van der Waals surface area contributed by atoms with E-state index < -0.39 is 0 Å². The first-order valence-corrected chi connectivity index (χ1v) is 8.05. The van der Waals surface area contributed by atoms with Crippen molar-refractivity contribution in [2.75, 3.05) is 0 Å². The fourth-order valence-electron chi connectivity index (χ4n) is 2.45. The number of hydrogen-bond acceptors (Lipinski definition) is 2. The molecule has 2 aromatic rings. The summed E-state index contributed by atoms with van der Waals surface area (Å²) in [7, 11) is 0. The van der Waals surface area contributed by atoms with E-state index in [4.69, 9.17) is 0 Å². The molecule has 0 aromatic heterocycles. The van der Waals surface area contributed by atoms with Gasteiger partial charge in [-0.3, -0.25) is 9.79 Å². The normalized spacial score (nSPS) is 11.7. The maximum absolute atomic E-state index is 12.5. The van der Waals surface area contributed by atoms with Crippen LogP contribution in [0.3, 0.4) is 0 Å². The molecule has 122 valence electrons. The topological polar surface area (TPSA) is 29.4 Å². The zero-order valence-corrected chi connectivity index (χ0v) is 14.5. The maximum Gasteiger partial charge on any atom is 0.167 e. The molecule has 2 rings (SSSR count). The number of carbonyl (C=O) groups excluding carboxylic acids is 1. The van der Waals surface area contributed by atoms with Crippen LogP contribution < -0.4 is 0 Å². The summed E-state index contributed by atoms with van der Waals surface area (Å²) in [6, 6.07) is 15.5. The predicted octanol–water partition coefficient (Wildman–Crippen LogP) is 5.65. The van der Waals surface area contributed by atoms with Gasteiger partial charge in [-0.15, -0.1) is 0 Å². The van der Waals surface area contributed by atoms with Gasteiger partial charge < -0.3 is 0 Å². The number of Topliss-reactive ketones (excluding diaryl/α,β-unsaturated/α-hetero) is 1. The van der Waals surface area contributed by atoms with Crippen molar-refractivity contribution in [3.8, 4) is 0 Å². The Morgan fingerprint density at radius 3 is 2.62 bits per heavy atom. The molecule has 2 nitrogen and oxygen atoms in total. The Hall–Kier alpha value is -2.74. The van der Waals surface area contributed by atoms with E-state index in [0.717, 1.165) is 28.1 Å². The summed E-state index contributed by atoms with van der Waals surface area (Å²) >= 11 is 0. The molecule has 2 heteroatoms. The van der Waals surface area contributed by atoms with Gasteiger partial charge in [0, 0.05) is 17.7 Å². The van der Waals surface area contributed by atoms with Crippen molar-refractivity contribution >= 4 is 17.2 Å². The van der Waals surface area contributed by atoms with Crippen molar-refractivity contribution in [3.05, 3.63) is 89.5 Å². The SMILES string of the molecule is C=C(/C=C\C)C(C)=Nc1cccc(C(=O)Cc2cccc(C)c2)c1. The second-order valence-corrected chi connectivity index (χ2v) is 5.86. The van der Waals surface area contributed by atoms with E-state index >= 15 is 0 Å². The lowest BCUT2D eigenvalue weighted by molar-refractivity contribution is 0.0993. The molecule has 24 heavy (non-hydrogen) atoms. The number of aliphatic imine (C=N–C) groups is 1. The van der Waals surface area contributed by atoms with Gasteiger partial charge in [-0.2, -0.15) is 0 Å². The average molecular weight is 317 g/mol. The number of ketones is 1. The molecule has 0 amide bonds. The first-order chi connectivity index (χ1) is 11.5. The highest BCUT2D eigenvalue weighted by molar-refractivity contribution is 6.02. The van der Waals surface area contributed by atoms with Gasteiger partial charge in [0.1, 0.15) is 0 Å². The van der Waals surface area contributed by atoms with Gasteiger partial charge in [-0.25, -0.2) is 0 Å². The van der Waals surface area contributed by atoms with Gasteiger partial charge in [0.2, 0.25) is 0 Å². The van der Waals surface area contributed by atoms with E-state index in [1.54, 1.807) is 0 Å². The van der Waals surface area contributed by atoms with Crippen molar-refractivity contribution < 1.29 is 4.79 Å². The van der Waals surface area contributed by atoms with Crippen LogP contribution in [0.5, 0.6) is 0 Å². The lowest BCUT2D eigenvalue weighted by Gasteiger charge is -2.05. The summed E-state index contributed by atoms with van der Waals surface area (Å²) in [5.41, 5.74) is 5.36. The van der Waals surface area contributed by atoms with Gasteiger partial charge in [0.25, 0.3) is 0 Å². The second-order valence-electron chi connectivity index (χ2n) is 5.86. The maximum atomic E-state index is 12.5. The van der Waals surface area contributed by atoms with Crippen molar-refractivity contribution in [1.82, 2.24) is 0 Å². The third-order valence-electron chi connectivity index (χ3n) is 3.74. The Morgan fingerprint density at radius 1 is 1.17 bits per heavy atom. The second kappa shape index (κ2) is 8.21. The van der Waals surface area contributed by atoms with Gasteiger partial charge in [-0.1, -0.05) is 60.7 Å². The van der Waals surface area contributed by atoms with Crippen LogP contribution in [-0.4, -0.2) is 11.5 Å². The Morgan fingerprint density at radius 2 is 1.92 bits per heavy atom. The number of carbonyl (C=O) groups is 1. The summed E-state index contributed by atoms with van der Waals surface area (Å²) in [6.07, 6.45) is 4.26. The van der Waals surface area contributed by atoms with Gasteiger partial charge in [0.05, 0.1) is 5.69 Å². The zero-order valence-electron chi connectivity index (χ0n) is 14.5.